The molecule has 0 N–H and O–H groups in total. The van der Waals surface area contributed by atoms with Crippen molar-refractivity contribution in [3.8, 4) is 33.6 Å². The zero-order valence-electron chi connectivity index (χ0n) is 26.7. The monoisotopic (exact) mass is 635 g/mol. The van der Waals surface area contributed by atoms with Crippen LogP contribution in [0.2, 0.25) is 0 Å². The zero-order valence-corrected chi connectivity index (χ0v) is 26.7. The number of fused-ring (bicyclic) bond motifs is 6. The van der Waals surface area contributed by atoms with E-state index in [1.165, 1.54) is 10.8 Å². The Bertz CT molecular complexity index is 2900. The standard InChI is InChI=1S/C45H25N5/c1-46-30-22-26-43-38(27-30)36-13-6-9-18-42(36)50(43)44-28-31(47-2)21-25-37(44)45-33(14-10-15-39(45)48-3)29-19-23-32(24-20-29)49-40-16-7-4-11-34(40)35-12-5-8-17-41(35)49/h4-28H. The van der Waals surface area contributed by atoms with Gasteiger partial charge in [0.25, 0.3) is 0 Å². The first-order chi connectivity index (χ1) is 24.7. The summed E-state index contributed by atoms with van der Waals surface area (Å²) in [6.45, 7) is 23.8. The summed E-state index contributed by atoms with van der Waals surface area (Å²) in [7, 11) is 0. The smallest absolute Gasteiger partial charge is 0.195 e. The molecule has 50 heavy (non-hydrogen) atoms. The van der Waals surface area contributed by atoms with Crippen molar-refractivity contribution in [2.24, 2.45) is 0 Å². The van der Waals surface area contributed by atoms with Crippen molar-refractivity contribution in [3.05, 3.63) is 186 Å². The minimum absolute atomic E-state index is 0.504. The molecule has 0 saturated heterocycles. The first kappa shape index (κ1) is 28.8. The van der Waals surface area contributed by atoms with E-state index in [4.69, 9.17) is 19.7 Å². The molecule has 0 spiro atoms. The van der Waals surface area contributed by atoms with Crippen LogP contribution in [0.25, 0.3) is 91.8 Å². The molecule has 9 rings (SSSR count). The molecule has 5 nitrogen and oxygen atoms in total. The summed E-state index contributed by atoms with van der Waals surface area (Å²) in [4.78, 5) is 11.5. The van der Waals surface area contributed by atoms with E-state index in [1.807, 2.05) is 60.7 Å². The van der Waals surface area contributed by atoms with Crippen LogP contribution >= 0.6 is 0 Å². The van der Waals surface area contributed by atoms with Gasteiger partial charge in [0, 0.05) is 27.5 Å². The fourth-order valence-corrected chi connectivity index (χ4v) is 7.42. The number of hydrogen-bond donors (Lipinski definition) is 0. The van der Waals surface area contributed by atoms with Crippen LogP contribution in [0.5, 0.6) is 0 Å². The molecule has 230 valence electrons. The van der Waals surface area contributed by atoms with Crippen LogP contribution in [0.3, 0.4) is 0 Å². The second kappa shape index (κ2) is 11.4. The number of para-hydroxylation sites is 3. The van der Waals surface area contributed by atoms with E-state index in [1.54, 1.807) is 0 Å². The average molecular weight is 636 g/mol. The van der Waals surface area contributed by atoms with Gasteiger partial charge in [-0.15, -0.1) is 0 Å². The van der Waals surface area contributed by atoms with Gasteiger partial charge in [-0.1, -0.05) is 103 Å². The lowest BCUT2D eigenvalue weighted by Gasteiger charge is -2.19. The van der Waals surface area contributed by atoms with Crippen molar-refractivity contribution < 1.29 is 0 Å². The fourth-order valence-electron chi connectivity index (χ4n) is 7.42. The molecule has 0 radical (unpaired) electrons. The second-order valence-corrected chi connectivity index (χ2v) is 12.2. The van der Waals surface area contributed by atoms with E-state index < -0.39 is 0 Å². The molecule has 0 atom stereocenters. The van der Waals surface area contributed by atoms with Crippen LogP contribution in [0, 0.1) is 19.7 Å². The van der Waals surface area contributed by atoms with Gasteiger partial charge in [-0.2, -0.15) is 0 Å². The van der Waals surface area contributed by atoms with Crippen molar-refractivity contribution in [2.45, 2.75) is 0 Å². The lowest BCUT2D eigenvalue weighted by molar-refractivity contribution is 1.18. The second-order valence-electron chi connectivity index (χ2n) is 12.2. The highest BCUT2D eigenvalue weighted by molar-refractivity contribution is 6.12. The molecular formula is C45H25N5. The molecule has 0 bridgehead atoms. The Labute approximate surface area is 288 Å². The topological polar surface area (TPSA) is 22.9 Å². The molecule has 5 heteroatoms. The molecule has 2 aromatic heterocycles. The number of nitrogens with zero attached hydrogens (tertiary/aromatic N) is 5. The van der Waals surface area contributed by atoms with Crippen molar-refractivity contribution in [2.75, 3.05) is 0 Å². The minimum Gasteiger partial charge on any atom is -0.310 e. The maximum Gasteiger partial charge on any atom is 0.195 e. The van der Waals surface area contributed by atoms with Crippen molar-refractivity contribution in [3.63, 3.8) is 0 Å². The third-order valence-electron chi connectivity index (χ3n) is 9.59. The van der Waals surface area contributed by atoms with Crippen molar-refractivity contribution in [1.82, 2.24) is 9.13 Å². The average Bonchev–Trinajstić information content (AvgIpc) is 3.70. The lowest BCUT2D eigenvalue weighted by atomic mass is 9.91. The highest BCUT2D eigenvalue weighted by Gasteiger charge is 2.21. The minimum atomic E-state index is 0.504. The number of benzene rings is 7. The van der Waals surface area contributed by atoms with Crippen LogP contribution in [-0.4, -0.2) is 9.13 Å². The molecule has 7 aromatic carbocycles. The number of rotatable bonds is 4. The normalized spacial score (nSPS) is 11.1. The molecule has 2 heterocycles. The zero-order chi connectivity index (χ0) is 33.8. The molecule has 0 unspecified atom stereocenters. The van der Waals surface area contributed by atoms with E-state index in [2.05, 4.69) is 115 Å². The van der Waals surface area contributed by atoms with E-state index in [0.29, 0.717) is 17.1 Å². The van der Waals surface area contributed by atoms with Crippen LogP contribution < -0.4 is 0 Å². The first-order valence-corrected chi connectivity index (χ1v) is 16.2. The Balaban J connectivity index is 1.27. The summed E-state index contributed by atoms with van der Waals surface area (Å²) in [5, 5.41) is 4.41. The summed E-state index contributed by atoms with van der Waals surface area (Å²) in [6.07, 6.45) is 0. The third-order valence-corrected chi connectivity index (χ3v) is 9.59. The molecular weight excluding hydrogens is 611 g/mol. The Kier molecular flexibility index (Phi) is 6.56. The maximum atomic E-state index is 8.24. The van der Waals surface area contributed by atoms with Gasteiger partial charge in [0.1, 0.15) is 0 Å². The molecule has 0 amide bonds. The van der Waals surface area contributed by atoms with Crippen LogP contribution in [0.1, 0.15) is 0 Å². The van der Waals surface area contributed by atoms with E-state index in [0.717, 1.165) is 66.5 Å². The summed E-state index contributed by atoms with van der Waals surface area (Å²) >= 11 is 0. The Hall–Kier alpha value is -7.39. The third kappa shape index (κ3) is 4.31. The van der Waals surface area contributed by atoms with E-state index in [-0.39, 0.29) is 0 Å². The summed E-state index contributed by atoms with van der Waals surface area (Å²) in [6, 6.07) is 51.0. The van der Waals surface area contributed by atoms with Gasteiger partial charge < -0.3 is 9.13 Å². The fraction of sp³-hybridized carbons (Fsp3) is 0. The molecule has 0 fully saturated rings. The Morgan fingerprint density at radius 1 is 0.400 bits per heavy atom. The van der Waals surface area contributed by atoms with Crippen molar-refractivity contribution in [1.29, 1.82) is 0 Å². The van der Waals surface area contributed by atoms with Gasteiger partial charge in [-0.05, 0) is 76.2 Å². The molecule has 0 aliphatic heterocycles. The highest BCUT2D eigenvalue weighted by Crippen LogP contribution is 2.45. The lowest BCUT2D eigenvalue weighted by Crippen LogP contribution is -1.98. The molecule has 0 saturated carbocycles. The van der Waals surface area contributed by atoms with E-state index >= 15 is 0 Å². The van der Waals surface area contributed by atoms with Crippen molar-refractivity contribution >= 4 is 60.7 Å². The summed E-state index contributed by atoms with van der Waals surface area (Å²) in [5.74, 6) is 0. The van der Waals surface area contributed by atoms with Gasteiger partial charge in [-0.25, -0.2) is 14.5 Å². The maximum absolute atomic E-state index is 8.24. The highest BCUT2D eigenvalue weighted by atomic mass is 15.0. The van der Waals surface area contributed by atoms with Gasteiger partial charge in [-0.3, -0.25) is 0 Å². The quantitative estimate of drug-likeness (QED) is 0.172. The number of aromatic nitrogens is 2. The van der Waals surface area contributed by atoms with Gasteiger partial charge in [0.05, 0.1) is 41.8 Å². The van der Waals surface area contributed by atoms with Crippen LogP contribution in [0.15, 0.2) is 152 Å². The van der Waals surface area contributed by atoms with Gasteiger partial charge >= 0.3 is 0 Å². The first-order valence-electron chi connectivity index (χ1n) is 16.2. The largest absolute Gasteiger partial charge is 0.310 e. The predicted octanol–water partition coefficient (Wildman–Crippen LogP) is 12.9. The molecule has 9 aromatic rings. The predicted molar refractivity (Wildman–Crippen MR) is 205 cm³/mol. The SMILES string of the molecule is [C-]#[N+]c1ccc(-c2c([N+]#[C-])cccc2-c2ccc(-n3c4ccccc4c4ccccc43)cc2)c(-n2c3ccccc3c3cc([N+]#[C-])ccc32)c1. The Morgan fingerprint density at radius 2 is 0.960 bits per heavy atom. The van der Waals surface area contributed by atoms with E-state index in [9.17, 15) is 0 Å². The Morgan fingerprint density at radius 3 is 1.60 bits per heavy atom. The van der Waals surface area contributed by atoms with Gasteiger partial charge in [0.2, 0.25) is 0 Å². The summed E-state index contributed by atoms with van der Waals surface area (Å²) < 4.78 is 4.46. The number of hydrogen-bond acceptors (Lipinski definition) is 0. The molecule has 0 aliphatic rings. The van der Waals surface area contributed by atoms with Crippen LogP contribution in [-0.2, 0) is 0 Å². The molecule has 0 aliphatic carbocycles. The van der Waals surface area contributed by atoms with Crippen LogP contribution in [0.4, 0.5) is 17.1 Å². The summed E-state index contributed by atoms with van der Waals surface area (Å²) in [5.41, 5.74) is 11.2. The van der Waals surface area contributed by atoms with Gasteiger partial charge in [0.15, 0.2) is 17.1 Å².